The molecule has 0 bridgehead atoms. The van der Waals surface area contributed by atoms with Crippen LogP contribution in [-0.2, 0) is 4.74 Å². The van der Waals surface area contributed by atoms with Crippen LogP contribution in [-0.4, -0.2) is 35.0 Å². The molecular formula is C17H23NO3. The maximum atomic E-state index is 12.6. The lowest BCUT2D eigenvalue weighted by atomic mass is 10.0. The summed E-state index contributed by atoms with van der Waals surface area (Å²) >= 11 is 0. The molecule has 1 aliphatic heterocycles. The summed E-state index contributed by atoms with van der Waals surface area (Å²) in [6.07, 6.45) is 1.14. The minimum Gasteiger partial charge on any atom is -0.444 e. The summed E-state index contributed by atoms with van der Waals surface area (Å²) in [5.74, 6) is -0.00152. The molecule has 21 heavy (non-hydrogen) atoms. The van der Waals surface area contributed by atoms with Crippen LogP contribution in [0.2, 0.25) is 0 Å². The van der Waals surface area contributed by atoms with Crippen LogP contribution in [0.3, 0.4) is 0 Å². The van der Waals surface area contributed by atoms with Gasteiger partial charge in [-0.2, -0.15) is 0 Å². The lowest BCUT2D eigenvalue weighted by Crippen LogP contribution is -2.43. The number of ether oxygens (including phenoxy) is 1. The van der Waals surface area contributed by atoms with Crippen molar-refractivity contribution in [2.45, 2.75) is 52.2 Å². The van der Waals surface area contributed by atoms with Crippen molar-refractivity contribution in [2.24, 2.45) is 0 Å². The molecule has 114 valence electrons. The van der Waals surface area contributed by atoms with Gasteiger partial charge in [-0.05, 0) is 40.5 Å². The van der Waals surface area contributed by atoms with Crippen LogP contribution < -0.4 is 0 Å². The average molecular weight is 289 g/mol. The van der Waals surface area contributed by atoms with Crippen LogP contribution in [0.25, 0.3) is 0 Å². The van der Waals surface area contributed by atoms with Crippen molar-refractivity contribution in [1.29, 1.82) is 0 Å². The summed E-state index contributed by atoms with van der Waals surface area (Å²) in [7, 11) is 0. The highest BCUT2D eigenvalue weighted by atomic mass is 16.6. The second kappa shape index (κ2) is 5.88. The topological polar surface area (TPSA) is 46.6 Å². The third-order valence-corrected chi connectivity index (χ3v) is 3.52. The van der Waals surface area contributed by atoms with E-state index in [0.29, 0.717) is 18.5 Å². The lowest BCUT2D eigenvalue weighted by molar-refractivity contribution is 0.0222. The Hall–Kier alpha value is -1.84. The summed E-state index contributed by atoms with van der Waals surface area (Å²) in [4.78, 5) is 26.4. The Labute approximate surface area is 126 Å². The number of carbonyl (C=O) groups is 2. The Morgan fingerprint density at radius 1 is 1.19 bits per heavy atom. The van der Waals surface area contributed by atoms with Crippen LogP contribution in [0, 0.1) is 6.92 Å². The van der Waals surface area contributed by atoms with Gasteiger partial charge in [-0.15, -0.1) is 0 Å². The zero-order valence-electron chi connectivity index (χ0n) is 13.2. The van der Waals surface area contributed by atoms with Crippen LogP contribution in [0.15, 0.2) is 24.3 Å². The smallest absolute Gasteiger partial charge is 0.410 e. The van der Waals surface area contributed by atoms with Gasteiger partial charge in [0.05, 0.1) is 6.04 Å². The van der Waals surface area contributed by atoms with Gasteiger partial charge in [-0.3, -0.25) is 9.69 Å². The highest BCUT2D eigenvalue weighted by Gasteiger charge is 2.36. The molecule has 1 heterocycles. The van der Waals surface area contributed by atoms with E-state index in [9.17, 15) is 9.59 Å². The summed E-state index contributed by atoms with van der Waals surface area (Å²) in [6, 6.07) is 7.08. The highest BCUT2D eigenvalue weighted by molar-refractivity contribution is 6.01. The minimum atomic E-state index is -0.545. The first kappa shape index (κ1) is 15.5. The Balaban J connectivity index is 2.13. The molecule has 0 N–H and O–H groups in total. The van der Waals surface area contributed by atoms with E-state index < -0.39 is 17.7 Å². The number of likely N-dealkylation sites (tertiary alicyclic amines) is 1. The number of nitrogens with zero attached hydrogens (tertiary/aromatic N) is 1. The zero-order valence-corrected chi connectivity index (χ0v) is 13.2. The molecule has 1 atom stereocenters. The molecule has 0 spiro atoms. The SMILES string of the molecule is Cc1ccc(C(=O)[C@@H]2CCCN2C(=O)OC(C)(C)C)cc1. The molecule has 0 aliphatic carbocycles. The van der Waals surface area contributed by atoms with Crippen LogP contribution >= 0.6 is 0 Å². The van der Waals surface area contributed by atoms with E-state index in [0.717, 1.165) is 12.0 Å². The van der Waals surface area contributed by atoms with E-state index in [-0.39, 0.29) is 5.78 Å². The Kier molecular flexibility index (Phi) is 4.35. The number of aryl methyl sites for hydroxylation is 1. The van der Waals surface area contributed by atoms with E-state index in [1.807, 2.05) is 52.0 Å². The predicted molar refractivity (Wildman–Crippen MR) is 81.5 cm³/mol. The molecule has 1 saturated heterocycles. The number of ketones is 1. The van der Waals surface area contributed by atoms with Gasteiger partial charge in [0.1, 0.15) is 5.60 Å². The van der Waals surface area contributed by atoms with Gasteiger partial charge in [-0.1, -0.05) is 29.8 Å². The molecule has 4 heteroatoms. The Bertz CT molecular complexity index is 528. The van der Waals surface area contributed by atoms with Crippen molar-refractivity contribution in [2.75, 3.05) is 6.54 Å². The summed E-state index contributed by atoms with van der Waals surface area (Å²) in [6.45, 7) is 8.06. The number of hydrogen-bond donors (Lipinski definition) is 0. The number of rotatable bonds is 2. The highest BCUT2D eigenvalue weighted by Crippen LogP contribution is 2.24. The van der Waals surface area contributed by atoms with Gasteiger partial charge in [-0.25, -0.2) is 4.79 Å². The quantitative estimate of drug-likeness (QED) is 0.782. The fourth-order valence-electron chi connectivity index (χ4n) is 2.49. The van der Waals surface area contributed by atoms with Crippen molar-refractivity contribution in [3.05, 3.63) is 35.4 Å². The van der Waals surface area contributed by atoms with Crippen molar-refractivity contribution in [3.8, 4) is 0 Å². The monoisotopic (exact) mass is 289 g/mol. The van der Waals surface area contributed by atoms with Crippen molar-refractivity contribution < 1.29 is 14.3 Å². The maximum absolute atomic E-state index is 12.6. The summed E-state index contributed by atoms with van der Waals surface area (Å²) < 4.78 is 5.39. The molecule has 0 saturated carbocycles. The molecule has 4 nitrogen and oxygen atoms in total. The second-order valence-corrected chi connectivity index (χ2v) is 6.56. The first-order chi connectivity index (χ1) is 9.78. The average Bonchev–Trinajstić information content (AvgIpc) is 2.86. The molecule has 1 aromatic rings. The first-order valence-electron chi connectivity index (χ1n) is 7.38. The van der Waals surface area contributed by atoms with E-state index in [2.05, 4.69) is 0 Å². The summed E-state index contributed by atoms with van der Waals surface area (Å²) in [5.41, 5.74) is 1.22. The van der Waals surface area contributed by atoms with Crippen LogP contribution in [0.4, 0.5) is 4.79 Å². The van der Waals surface area contributed by atoms with E-state index in [1.54, 1.807) is 4.90 Å². The third kappa shape index (κ3) is 3.84. The molecule has 0 radical (unpaired) electrons. The van der Waals surface area contributed by atoms with Crippen LogP contribution in [0.5, 0.6) is 0 Å². The zero-order chi connectivity index (χ0) is 15.6. The molecule has 1 fully saturated rings. The van der Waals surface area contributed by atoms with Crippen molar-refractivity contribution in [1.82, 2.24) is 4.90 Å². The standard InChI is InChI=1S/C17H23NO3/c1-12-7-9-13(10-8-12)15(19)14-6-5-11-18(14)16(20)21-17(2,3)4/h7-10,14H,5-6,11H2,1-4H3/t14-/m0/s1. The molecular weight excluding hydrogens is 266 g/mol. The van der Waals surface area contributed by atoms with Crippen LogP contribution in [0.1, 0.15) is 49.5 Å². The van der Waals surface area contributed by atoms with Gasteiger partial charge in [0.15, 0.2) is 5.78 Å². The molecule has 0 unspecified atom stereocenters. The van der Waals surface area contributed by atoms with Gasteiger partial charge in [0, 0.05) is 12.1 Å². The molecule has 2 rings (SSSR count). The van der Waals surface area contributed by atoms with Gasteiger partial charge in [0.25, 0.3) is 0 Å². The van der Waals surface area contributed by atoms with Gasteiger partial charge in [0.2, 0.25) is 0 Å². The van der Waals surface area contributed by atoms with Gasteiger partial charge < -0.3 is 4.74 Å². The van der Waals surface area contributed by atoms with Crippen molar-refractivity contribution >= 4 is 11.9 Å². The predicted octanol–water partition coefficient (Wildman–Crippen LogP) is 3.58. The van der Waals surface area contributed by atoms with E-state index >= 15 is 0 Å². The maximum Gasteiger partial charge on any atom is 0.410 e. The summed E-state index contributed by atoms with van der Waals surface area (Å²) in [5, 5.41) is 0. The number of hydrogen-bond acceptors (Lipinski definition) is 3. The number of carbonyl (C=O) groups excluding carboxylic acids is 2. The largest absolute Gasteiger partial charge is 0.444 e. The Morgan fingerprint density at radius 3 is 2.38 bits per heavy atom. The Morgan fingerprint density at radius 2 is 1.81 bits per heavy atom. The number of Topliss-reactive ketones (excluding diaryl/α,β-unsaturated/α-hetero) is 1. The van der Waals surface area contributed by atoms with E-state index in [1.165, 1.54) is 0 Å². The van der Waals surface area contributed by atoms with E-state index in [4.69, 9.17) is 4.74 Å². The fraction of sp³-hybridized carbons (Fsp3) is 0.529. The number of amides is 1. The van der Waals surface area contributed by atoms with Gasteiger partial charge >= 0.3 is 6.09 Å². The third-order valence-electron chi connectivity index (χ3n) is 3.52. The normalized spacial score (nSPS) is 18.7. The minimum absolute atomic E-state index is 0.00152. The second-order valence-electron chi connectivity index (χ2n) is 6.56. The number of benzene rings is 1. The van der Waals surface area contributed by atoms with Crippen molar-refractivity contribution in [3.63, 3.8) is 0 Å². The molecule has 1 aliphatic rings. The molecule has 0 aromatic heterocycles. The molecule has 1 amide bonds. The molecule has 1 aromatic carbocycles. The first-order valence-corrected chi connectivity index (χ1v) is 7.38. The fourth-order valence-corrected chi connectivity index (χ4v) is 2.49. The lowest BCUT2D eigenvalue weighted by Gasteiger charge is -2.28.